The van der Waals surface area contributed by atoms with E-state index in [0.29, 0.717) is 5.75 Å². The van der Waals surface area contributed by atoms with Gasteiger partial charge in [0.25, 0.3) is 11.0 Å². The van der Waals surface area contributed by atoms with E-state index in [1.54, 1.807) is 36.7 Å². The first-order chi connectivity index (χ1) is 7.25. The Balaban J connectivity index is 2.24. The molecule has 0 aliphatic rings. The van der Waals surface area contributed by atoms with Crippen LogP contribution >= 0.6 is 0 Å². The standard InChI is InChI=1S/C9H8N2O3S/c12-15(13)14-8-3-1-7(2-4-8)9-10-5-6-11-9/h1-6,15H,(H,10,11). The molecule has 0 aliphatic carbocycles. The Bertz CT molecular complexity index is 495. The summed E-state index contributed by atoms with van der Waals surface area (Å²) in [5.41, 5.74) is 0.869. The highest BCUT2D eigenvalue weighted by Crippen LogP contribution is 2.18. The van der Waals surface area contributed by atoms with Crippen LogP contribution in [-0.4, -0.2) is 18.4 Å². The van der Waals surface area contributed by atoms with Crippen molar-refractivity contribution in [2.75, 3.05) is 0 Å². The largest absolute Gasteiger partial charge is 0.384 e. The summed E-state index contributed by atoms with van der Waals surface area (Å²) in [6.07, 6.45) is 3.36. The van der Waals surface area contributed by atoms with Gasteiger partial charge in [-0.3, -0.25) is 0 Å². The highest BCUT2D eigenvalue weighted by atomic mass is 32.2. The molecule has 1 aromatic carbocycles. The van der Waals surface area contributed by atoms with E-state index in [0.717, 1.165) is 11.4 Å². The number of nitrogens with one attached hydrogen (secondary N) is 1. The fourth-order valence-electron chi connectivity index (χ4n) is 1.18. The van der Waals surface area contributed by atoms with Gasteiger partial charge in [-0.25, -0.2) is 4.98 Å². The normalized spacial score (nSPS) is 10.5. The first kappa shape index (κ1) is 9.72. The van der Waals surface area contributed by atoms with E-state index >= 15 is 0 Å². The first-order valence-electron chi connectivity index (χ1n) is 4.18. The van der Waals surface area contributed by atoms with Crippen molar-refractivity contribution in [1.29, 1.82) is 0 Å². The van der Waals surface area contributed by atoms with Gasteiger partial charge in [0, 0.05) is 18.0 Å². The number of rotatable bonds is 3. The summed E-state index contributed by atoms with van der Waals surface area (Å²) in [6.45, 7) is 0. The summed E-state index contributed by atoms with van der Waals surface area (Å²) in [4.78, 5) is 7.00. The molecule has 1 N–H and O–H groups in total. The Labute approximate surface area is 87.9 Å². The van der Waals surface area contributed by atoms with Crippen LogP contribution in [-0.2, 0) is 11.0 Å². The van der Waals surface area contributed by atoms with Crippen molar-refractivity contribution < 1.29 is 12.6 Å². The predicted octanol–water partition coefficient (Wildman–Crippen LogP) is 0.982. The smallest absolute Gasteiger partial charge is 0.299 e. The van der Waals surface area contributed by atoms with Crippen LogP contribution < -0.4 is 4.18 Å². The number of benzene rings is 1. The van der Waals surface area contributed by atoms with E-state index in [1.165, 1.54) is 0 Å². The molecule has 0 amide bonds. The van der Waals surface area contributed by atoms with Crippen LogP contribution in [0, 0.1) is 0 Å². The maximum atomic E-state index is 10.3. The van der Waals surface area contributed by atoms with E-state index in [1.807, 2.05) is 0 Å². The summed E-state index contributed by atoms with van der Waals surface area (Å²) in [6, 6.07) is 6.60. The number of aromatic nitrogens is 2. The van der Waals surface area contributed by atoms with Crippen LogP contribution in [0.25, 0.3) is 11.4 Å². The second-order valence-corrected chi connectivity index (χ2v) is 3.41. The van der Waals surface area contributed by atoms with E-state index in [-0.39, 0.29) is 0 Å². The monoisotopic (exact) mass is 224 g/mol. The summed E-state index contributed by atoms with van der Waals surface area (Å²) in [5.74, 6) is 1.02. The molecule has 2 rings (SSSR count). The molecule has 0 atom stereocenters. The lowest BCUT2D eigenvalue weighted by Crippen LogP contribution is -1.89. The van der Waals surface area contributed by atoms with E-state index in [9.17, 15) is 8.42 Å². The SMILES string of the molecule is O=[SH](=O)Oc1ccc(-c2ncc[nH]2)cc1. The number of imidazole rings is 1. The summed E-state index contributed by atoms with van der Waals surface area (Å²) >= 11 is 0. The zero-order chi connectivity index (χ0) is 10.7. The molecule has 0 radical (unpaired) electrons. The molecule has 2 aromatic rings. The predicted molar refractivity (Wildman–Crippen MR) is 55.0 cm³/mol. The van der Waals surface area contributed by atoms with Crippen molar-refractivity contribution in [3.63, 3.8) is 0 Å². The molecule has 15 heavy (non-hydrogen) atoms. The van der Waals surface area contributed by atoms with Gasteiger partial charge in [0.05, 0.1) is 0 Å². The Morgan fingerprint density at radius 1 is 1.20 bits per heavy atom. The molecule has 1 heterocycles. The fourth-order valence-corrected chi connectivity index (χ4v) is 1.48. The average Bonchev–Trinajstić information content (AvgIpc) is 2.71. The lowest BCUT2D eigenvalue weighted by molar-refractivity contribution is 0.511. The number of H-pyrrole nitrogens is 1. The van der Waals surface area contributed by atoms with Gasteiger partial charge in [0.1, 0.15) is 11.6 Å². The Morgan fingerprint density at radius 3 is 2.47 bits per heavy atom. The van der Waals surface area contributed by atoms with Gasteiger partial charge in [-0.2, -0.15) is 8.42 Å². The molecule has 5 nitrogen and oxygen atoms in total. The third kappa shape index (κ3) is 2.35. The van der Waals surface area contributed by atoms with E-state index < -0.39 is 11.0 Å². The molecule has 0 fully saturated rings. The highest BCUT2D eigenvalue weighted by Gasteiger charge is 2.00. The molecular formula is C9H8N2O3S. The average molecular weight is 224 g/mol. The highest BCUT2D eigenvalue weighted by molar-refractivity contribution is 7.67. The minimum Gasteiger partial charge on any atom is -0.384 e. The van der Waals surface area contributed by atoms with E-state index in [4.69, 9.17) is 0 Å². The zero-order valence-corrected chi connectivity index (χ0v) is 8.48. The maximum absolute atomic E-state index is 10.3. The maximum Gasteiger partial charge on any atom is 0.299 e. The lowest BCUT2D eigenvalue weighted by Gasteiger charge is -1.99. The molecule has 1 aromatic heterocycles. The molecule has 0 saturated carbocycles. The van der Waals surface area contributed by atoms with Crippen molar-refractivity contribution in [3.05, 3.63) is 36.7 Å². The molecule has 0 saturated heterocycles. The van der Waals surface area contributed by atoms with Crippen molar-refractivity contribution in [2.24, 2.45) is 0 Å². The second kappa shape index (κ2) is 4.14. The van der Waals surface area contributed by atoms with Gasteiger partial charge in [0.2, 0.25) is 0 Å². The van der Waals surface area contributed by atoms with E-state index in [2.05, 4.69) is 14.2 Å². The minimum absolute atomic E-state index is 0.293. The van der Waals surface area contributed by atoms with Gasteiger partial charge in [-0.05, 0) is 24.3 Å². The van der Waals surface area contributed by atoms with Crippen LogP contribution in [0.4, 0.5) is 0 Å². The van der Waals surface area contributed by atoms with Crippen molar-refractivity contribution in [1.82, 2.24) is 9.97 Å². The first-order valence-corrected chi connectivity index (χ1v) is 5.27. The number of thiol groups is 1. The van der Waals surface area contributed by atoms with Crippen LogP contribution in [0.1, 0.15) is 0 Å². The van der Waals surface area contributed by atoms with Gasteiger partial charge in [0.15, 0.2) is 0 Å². The molecule has 0 unspecified atom stereocenters. The van der Waals surface area contributed by atoms with Crippen LogP contribution in [0.3, 0.4) is 0 Å². The number of aromatic amines is 1. The fraction of sp³-hybridized carbons (Fsp3) is 0. The summed E-state index contributed by atoms with van der Waals surface area (Å²) in [5, 5.41) is 0. The minimum atomic E-state index is -2.85. The van der Waals surface area contributed by atoms with Crippen LogP contribution in [0.2, 0.25) is 0 Å². The molecule has 6 heteroatoms. The Morgan fingerprint density at radius 2 is 1.93 bits per heavy atom. The molecule has 0 aliphatic heterocycles. The molecular weight excluding hydrogens is 216 g/mol. The topological polar surface area (TPSA) is 72.1 Å². The van der Waals surface area contributed by atoms with Crippen molar-refractivity contribution in [3.8, 4) is 17.1 Å². The van der Waals surface area contributed by atoms with Crippen molar-refractivity contribution >= 4 is 11.0 Å². The van der Waals surface area contributed by atoms with Crippen LogP contribution in [0.5, 0.6) is 5.75 Å². The van der Waals surface area contributed by atoms with Crippen LogP contribution in [0.15, 0.2) is 36.7 Å². The van der Waals surface area contributed by atoms with Crippen molar-refractivity contribution in [2.45, 2.75) is 0 Å². The summed E-state index contributed by atoms with van der Waals surface area (Å²) < 4.78 is 25.1. The second-order valence-electron chi connectivity index (χ2n) is 2.78. The zero-order valence-electron chi connectivity index (χ0n) is 7.58. The third-order valence-electron chi connectivity index (χ3n) is 1.81. The van der Waals surface area contributed by atoms with Gasteiger partial charge in [-0.15, -0.1) is 0 Å². The van der Waals surface area contributed by atoms with Gasteiger partial charge >= 0.3 is 0 Å². The molecule has 0 bridgehead atoms. The quantitative estimate of drug-likeness (QED) is 0.762. The molecule has 78 valence electrons. The number of nitrogens with zero attached hydrogens (tertiary/aromatic N) is 1. The van der Waals surface area contributed by atoms with Gasteiger partial charge in [-0.1, -0.05) is 0 Å². The Hall–Kier alpha value is -1.82. The number of hydrogen-bond acceptors (Lipinski definition) is 4. The third-order valence-corrected chi connectivity index (χ3v) is 2.17. The Kier molecular flexibility index (Phi) is 2.68. The summed E-state index contributed by atoms with van der Waals surface area (Å²) in [7, 11) is -2.85. The molecule has 0 spiro atoms. The number of hydrogen-bond donors (Lipinski definition) is 2. The van der Waals surface area contributed by atoms with Gasteiger partial charge < -0.3 is 9.17 Å². The lowest BCUT2D eigenvalue weighted by atomic mass is 10.2.